The Labute approximate surface area is 165 Å². The molecular weight excluding hydrogens is 354 g/mol. The first-order valence-corrected chi connectivity index (χ1v) is 10.5. The lowest BCUT2D eigenvalue weighted by atomic mass is 9.97. The van der Waals surface area contributed by atoms with Crippen LogP contribution in [0.3, 0.4) is 0 Å². The maximum Gasteiger partial charge on any atom is 0.230 e. The Morgan fingerprint density at radius 2 is 1.93 bits per heavy atom. The smallest absolute Gasteiger partial charge is 0.230 e. The Morgan fingerprint density at radius 3 is 2.71 bits per heavy atom. The van der Waals surface area contributed by atoms with E-state index in [0.717, 1.165) is 44.7 Å². The van der Waals surface area contributed by atoms with Crippen molar-refractivity contribution in [3.63, 3.8) is 0 Å². The molecule has 0 aromatic carbocycles. The second-order valence-corrected chi connectivity index (χ2v) is 7.72. The molecule has 1 unspecified atom stereocenters. The number of fused-ring (bicyclic) bond motifs is 1. The number of aromatic nitrogens is 5. The van der Waals surface area contributed by atoms with E-state index >= 15 is 0 Å². The summed E-state index contributed by atoms with van der Waals surface area (Å²) in [5.74, 6) is 1.28. The van der Waals surface area contributed by atoms with Crippen molar-refractivity contribution in [3.8, 4) is 11.5 Å². The van der Waals surface area contributed by atoms with Gasteiger partial charge in [-0.2, -0.15) is 0 Å². The summed E-state index contributed by atoms with van der Waals surface area (Å²) in [4.78, 5) is 23.7. The molecule has 0 aliphatic carbocycles. The first-order chi connectivity index (χ1) is 13.8. The number of hydrogen-bond acceptors (Lipinski definition) is 6. The average Bonchev–Trinajstić information content (AvgIpc) is 3.00. The molecule has 150 valence electrons. The van der Waals surface area contributed by atoms with Crippen LogP contribution in [0.1, 0.15) is 56.7 Å². The molecule has 8 heteroatoms. The summed E-state index contributed by atoms with van der Waals surface area (Å²) in [6.45, 7) is 5.00. The zero-order valence-electron chi connectivity index (χ0n) is 16.4. The summed E-state index contributed by atoms with van der Waals surface area (Å²) in [7, 11) is 0. The quantitative estimate of drug-likeness (QED) is 0.768. The van der Waals surface area contributed by atoms with Gasteiger partial charge in [-0.3, -0.25) is 9.78 Å². The van der Waals surface area contributed by atoms with E-state index in [9.17, 15) is 4.79 Å². The van der Waals surface area contributed by atoms with Crippen molar-refractivity contribution in [1.29, 1.82) is 0 Å². The zero-order chi connectivity index (χ0) is 19.2. The Bertz CT molecular complexity index is 768. The number of nitrogens with zero attached hydrogens (tertiary/aromatic N) is 6. The fraction of sp³-hybridized carbons (Fsp3) is 0.650. The van der Waals surface area contributed by atoms with Crippen LogP contribution in [0, 0.1) is 0 Å². The molecule has 0 saturated carbocycles. The van der Waals surface area contributed by atoms with Gasteiger partial charge in [-0.15, -0.1) is 10.2 Å². The van der Waals surface area contributed by atoms with Crippen molar-refractivity contribution in [2.45, 2.75) is 57.4 Å². The van der Waals surface area contributed by atoms with Crippen LogP contribution in [0.15, 0.2) is 18.6 Å². The highest BCUT2D eigenvalue weighted by atomic mass is 16.1. The maximum absolute atomic E-state index is 12.8. The van der Waals surface area contributed by atoms with E-state index in [2.05, 4.69) is 30.4 Å². The first kappa shape index (κ1) is 19.0. The maximum atomic E-state index is 12.8. The van der Waals surface area contributed by atoms with Gasteiger partial charge in [0.05, 0.1) is 12.1 Å². The predicted molar refractivity (Wildman–Crippen MR) is 106 cm³/mol. The van der Waals surface area contributed by atoms with E-state index in [1.54, 1.807) is 18.6 Å². The lowest BCUT2D eigenvalue weighted by Crippen LogP contribution is -2.35. The number of nitrogens with one attached hydrogen (secondary N) is 1. The SMILES string of the molecule is O=C(NCCCN1CCCCCC1)C1CCCn2c(-c3cnccn3)nnc21. The summed E-state index contributed by atoms with van der Waals surface area (Å²) < 4.78 is 2.02. The molecule has 1 saturated heterocycles. The third kappa shape index (κ3) is 4.38. The molecule has 4 rings (SSSR count). The van der Waals surface area contributed by atoms with Gasteiger partial charge in [0, 0.05) is 25.5 Å². The van der Waals surface area contributed by atoms with Crippen molar-refractivity contribution < 1.29 is 4.79 Å². The van der Waals surface area contributed by atoms with Gasteiger partial charge in [0.1, 0.15) is 11.5 Å². The van der Waals surface area contributed by atoms with Crippen LogP contribution in [-0.4, -0.2) is 61.7 Å². The molecule has 2 aromatic rings. The molecule has 8 nitrogen and oxygen atoms in total. The fourth-order valence-electron chi connectivity index (χ4n) is 4.23. The summed E-state index contributed by atoms with van der Waals surface area (Å²) >= 11 is 0. The second-order valence-electron chi connectivity index (χ2n) is 7.72. The van der Waals surface area contributed by atoms with Gasteiger partial charge in [0.2, 0.25) is 5.91 Å². The standard InChI is InChI=1S/C20H29N7O/c28-20(23-8-6-13-26-11-3-1-2-4-12-26)16-7-5-14-27-18(16)24-25-19(27)17-15-21-9-10-22-17/h9-10,15-16H,1-8,11-14H2,(H,23,28). The first-order valence-electron chi connectivity index (χ1n) is 10.5. The van der Waals surface area contributed by atoms with Gasteiger partial charge >= 0.3 is 0 Å². The van der Waals surface area contributed by atoms with Gasteiger partial charge in [0.15, 0.2) is 5.82 Å². The van der Waals surface area contributed by atoms with Gasteiger partial charge in [0.25, 0.3) is 0 Å². The molecule has 1 atom stereocenters. The molecule has 0 radical (unpaired) electrons. The number of carbonyl (C=O) groups excluding carboxylic acids is 1. The molecule has 28 heavy (non-hydrogen) atoms. The molecule has 2 aromatic heterocycles. The molecule has 1 amide bonds. The van der Waals surface area contributed by atoms with Crippen LogP contribution in [-0.2, 0) is 11.3 Å². The predicted octanol–water partition coefficient (Wildman–Crippen LogP) is 1.99. The Hall–Kier alpha value is -2.35. The van der Waals surface area contributed by atoms with Crippen molar-refractivity contribution in [1.82, 2.24) is 34.9 Å². The lowest BCUT2D eigenvalue weighted by Gasteiger charge is -2.23. The molecule has 2 aliphatic heterocycles. The van der Waals surface area contributed by atoms with Crippen LogP contribution >= 0.6 is 0 Å². The molecular formula is C20H29N7O. The Morgan fingerprint density at radius 1 is 1.07 bits per heavy atom. The summed E-state index contributed by atoms with van der Waals surface area (Å²) in [6, 6.07) is 0. The summed E-state index contributed by atoms with van der Waals surface area (Å²) in [6.07, 6.45) is 13.0. The van der Waals surface area contributed by atoms with Crippen LogP contribution in [0.2, 0.25) is 0 Å². The van der Waals surface area contributed by atoms with Gasteiger partial charge in [-0.05, 0) is 51.7 Å². The lowest BCUT2D eigenvalue weighted by molar-refractivity contribution is -0.123. The van der Waals surface area contributed by atoms with E-state index in [1.807, 2.05) is 4.57 Å². The highest BCUT2D eigenvalue weighted by Gasteiger charge is 2.31. The minimum absolute atomic E-state index is 0.0647. The van der Waals surface area contributed by atoms with Crippen LogP contribution in [0.5, 0.6) is 0 Å². The van der Waals surface area contributed by atoms with E-state index in [4.69, 9.17) is 0 Å². The number of amides is 1. The van der Waals surface area contributed by atoms with Crippen molar-refractivity contribution in [3.05, 3.63) is 24.4 Å². The van der Waals surface area contributed by atoms with Crippen LogP contribution in [0.4, 0.5) is 0 Å². The largest absolute Gasteiger partial charge is 0.355 e. The van der Waals surface area contributed by atoms with E-state index in [-0.39, 0.29) is 11.8 Å². The van der Waals surface area contributed by atoms with Crippen molar-refractivity contribution >= 4 is 5.91 Å². The molecule has 0 bridgehead atoms. The topological polar surface area (TPSA) is 88.8 Å². The highest BCUT2D eigenvalue weighted by Crippen LogP contribution is 2.29. The van der Waals surface area contributed by atoms with E-state index in [1.165, 1.54) is 38.8 Å². The van der Waals surface area contributed by atoms with Crippen LogP contribution < -0.4 is 5.32 Å². The third-order valence-electron chi connectivity index (χ3n) is 5.72. The van der Waals surface area contributed by atoms with Gasteiger partial charge in [-0.25, -0.2) is 4.98 Å². The summed E-state index contributed by atoms with van der Waals surface area (Å²) in [5.41, 5.74) is 0.694. The number of rotatable bonds is 6. The average molecular weight is 384 g/mol. The molecule has 1 N–H and O–H groups in total. The molecule has 4 heterocycles. The Kier molecular flexibility index (Phi) is 6.26. The second kappa shape index (κ2) is 9.23. The van der Waals surface area contributed by atoms with Crippen molar-refractivity contribution in [2.75, 3.05) is 26.2 Å². The number of carbonyl (C=O) groups is 1. The highest BCUT2D eigenvalue weighted by molar-refractivity contribution is 5.83. The van der Waals surface area contributed by atoms with Crippen molar-refractivity contribution in [2.24, 2.45) is 0 Å². The normalized spacial score (nSPS) is 20.4. The third-order valence-corrected chi connectivity index (χ3v) is 5.72. The zero-order valence-corrected chi connectivity index (χ0v) is 16.4. The van der Waals surface area contributed by atoms with Crippen LogP contribution in [0.25, 0.3) is 11.5 Å². The molecule has 2 aliphatic rings. The molecule has 0 spiro atoms. The number of likely N-dealkylation sites (tertiary alicyclic amines) is 1. The van der Waals surface area contributed by atoms with Gasteiger partial charge in [-0.1, -0.05) is 12.8 Å². The summed E-state index contributed by atoms with van der Waals surface area (Å²) in [5, 5.41) is 11.7. The Balaban J connectivity index is 1.33. The van der Waals surface area contributed by atoms with Gasteiger partial charge < -0.3 is 14.8 Å². The monoisotopic (exact) mass is 383 g/mol. The minimum atomic E-state index is -0.232. The molecule has 1 fully saturated rings. The van der Waals surface area contributed by atoms with E-state index < -0.39 is 0 Å². The number of hydrogen-bond donors (Lipinski definition) is 1. The minimum Gasteiger partial charge on any atom is -0.355 e. The fourth-order valence-corrected chi connectivity index (χ4v) is 4.23. The van der Waals surface area contributed by atoms with E-state index in [0.29, 0.717) is 11.5 Å².